The van der Waals surface area contributed by atoms with Gasteiger partial charge in [0.1, 0.15) is 5.75 Å². The van der Waals surface area contributed by atoms with Gasteiger partial charge >= 0.3 is 12.4 Å². The van der Waals surface area contributed by atoms with Crippen LogP contribution in [-0.2, 0) is 0 Å². The number of ether oxygens (including phenoxy) is 1. The second-order valence-corrected chi connectivity index (χ2v) is 4.30. The van der Waals surface area contributed by atoms with Gasteiger partial charge in [-0.2, -0.15) is 26.3 Å². The highest BCUT2D eigenvalue weighted by atomic mass is 19.4. The average molecular weight is 286 g/mol. The Morgan fingerprint density at radius 1 is 0.842 bits per heavy atom. The van der Waals surface area contributed by atoms with Gasteiger partial charge < -0.3 is 4.74 Å². The van der Waals surface area contributed by atoms with E-state index in [0.717, 1.165) is 17.7 Å². The Kier molecular flexibility index (Phi) is 4.37. The standard InChI is InChI=1S/C12H12F6O/c1-7(2)8-3-5-9(6-4-8)19-10(11(13,14)15)12(16,17)18/h3-7,10H,1-2H3. The van der Waals surface area contributed by atoms with E-state index in [2.05, 4.69) is 4.74 Å². The Morgan fingerprint density at radius 2 is 1.26 bits per heavy atom. The van der Waals surface area contributed by atoms with Gasteiger partial charge in [-0.15, -0.1) is 0 Å². The van der Waals surface area contributed by atoms with Gasteiger partial charge in [0.05, 0.1) is 0 Å². The SMILES string of the molecule is CC(C)c1ccc(OC(C(F)(F)F)C(F)(F)F)cc1. The van der Waals surface area contributed by atoms with Crippen molar-refractivity contribution in [2.75, 3.05) is 0 Å². The molecule has 1 rings (SSSR count). The van der Waals surface area contributed by atoms with Gasteiger partial charge in [0, 0.05) is 0 Å². The molecule has 0 spiro atoms. The molecule has 1 nitrogen and oxygen atoms in total. The average Bonchev–Trinajstić information content (AvgIpc) is 2.23. The summed E-state index contributed by atoms with van der Waals surface area (Å²) in [5.41, 5.74) is 0.794. The first-order chi connectivity index (χ1) is 8.51. The summed E-state index contributed by atoms with van der Waals surface area (Å²) in [6.07, 6.45) is -14.8. The van der Waals surface area contributed by atoms with Crippen molar-refractivity contribution >= 4 is 0 Å². The van der Waals surface area contributed by atoms with E-state index in [1.54, 1.807) is 0 Å². The largest absolute Gasteiger partial charge is 0.471 e. The summed E-state index contributed by atoms with van der Waals surface area (Å²) < 4.78 is 77.6. The van der Waals surface area contributed by atoms with E-state index in [0.29, 0.717) is 0 Å². The van der Waals surface area contributed by atoms with Crippen molar-refractivity contribution < 1.29 is 31.1 Å². The van der Waals surface area contributed by atoms with Gasteiger partial charge in [-0.1, -0.05) is 26.0 Å². The van der Waals surface area contributed by atoms with Gasteiger partial charge in [0.15, 0.2) is 0 Å². The van der Waals surface area contributed by atoms with Crippen LogP contribution in [0.1, 0.15) is 25.3 Å². The van der Waals surface area contributed by atoms with Gasteiger partial charge in [0.2, 0.25) is 0 Å². The van der Waals surface area contributed by atoms with Gasteiger partial charge in [-0.25, -0.2) is 0 Å². The molecule has 0 bridgehead atoms. The Morgan fingerprint density at radius 3 is 1.58 bits per heavy atom. The molecule has 1 aromatic carbocycles. The van der Waals surface area contributed by atoms with Crippen LogP contribution in [0.15, 0.2) is 24.3 Å². The molecule has 0 fully saturated rings. The molecule has 0 unspecified atom stereocenters. The third kappa shape index (κ3) is 4.33. The van der Waals surface area contributed by atoms with E-state index in [4.69, 9.17) is 0 Å². The molecule has 0 atom stereocenters. The smallest absolute Gasteiger partial charge is 0.434 e. The number of alkyl halides is 6. The van der Waals surface area contributed by atoms with Crippen LogP contribution in [0.5, 0.6) is 5.75 Å². The lowest BCUT2D eigenvalue weighted by Crippen LogP contribution is -2.46. The lowest BCUT2D eigenvalue weighted by atomic mass is 10.0. The second-order valence-electron chi connectivity index (χ2n) is 4.30. The Labute approximate surface area is 106 Å². The highest BCUT2D eigenvalue weighted by Crippen LogP contribution is 2.36. The minimum atomic E-state index is -5.50. The molecule has 0 aliphatic carbocycles. The highest BCUT2D eigenvalue weighted by Gasteiger charge is 2.59. The summed E-state index contributed by atoms with van der Waals surface area (Å²) in [5.74, 6) is -0.348. The van der Waals surface area contributed by atoms with E-state index < -0.39 is 24.2 Å². The van der Waals surface area contributed by atoms with Gasteiger partial charge in [0.25, 0.3) is 6.10 Å². The fraction of sp³-hybridized carbons (Fsp3) is 0.500. The highest BCUT2D eigenvalue weighted by molar-refractivity contribution is 5.29. The molecule has 19 heavy (non-hydrogen) atoms. The molecule has 108 valence electrons. The van der Waals surface area contributed by atoms with Crippen molar-refractivity contribution in [3.05, 3.63) is 29.8 Å². The maximum absolute atomic E-state index is 12.3. The molecule has 0 heterocycles. The summed E-state index contributed by atoms with van der Waals surface area (Å²) in [6.45, 7) is 3.70. The van der Waals surface area contributed by atoms with Crippen LogP contribution in [0.3, 0.4) is 0 Å². The molecule has 0 aliphatic rings. The number of halogens is 6. The quantitative estimate of drug-likeness (QED) is 0.733. The molecule has 0 saturated heterocycles. The first-order valence-electron chi connectivity index (χ1n) is 5.42. The molecule has 0 aliphatic heterocycles. The fourth-order valence-corrected chi connectivity index (χ4v) is 1.39. The van der Waals surface area contributed by atoms with Crippen LogP contribution in [0.4, 0.5) is 26.3 Å². The van der Waals surface area contributed by atoms with E-state index in [1.165, 1.54) is 12.1 Å². The monoisotopic (exact) mass is 286 g/mol. The fourth-order valence-electron chi connectivity index (χ4n) is 1.39. The third-order valence-electron chi connectivity index (χ3n) is 2.40. The molecule has 7 heteroatoms. The number of benzene rings is 1. The molecule has 1 aromatic rings. The molecular weight excluding hydrogens is 274 g/mol. The zero-order chi connectivity index (χ0) is 14.8. The number of hydrogen-bond donors (Lipinski definition) is 0. The Hall–Kier alpha value is -1.40. The zero-order valence-electron chi connectivity index (χ0n) is 10.1. The van der Waals surface area contributed by atoms with Crippen LogP contribution < -0.4 is 4.74 Å². The van der Waals surface area contributed by atoms with Crippen molar-refractivity contribution in [2.45, 2.75) is 38.2 Å². The molecule has 0 N–H and O–H groups in total. The second kappa shape index (κ2) is 5.30. The molecule has 0 saturated carbocycles. The number of rotatable bonds is 3. The van der Waals surface area contributed by atoms with Crippen LogP contribution in [0.2, 0.25) is 0 Å². The molecule has 0 radical (unpaired) electrons. The van der Waals surface area contributed by atoms with Gasteiger partial charge in [-0.3, -0.25) is 0 Å². The summed E-state index contributed by atoms with van der Waals surface area (Å²) >= 11 is 0. The van der Waals surface area contributed by atoms with Crippen molar-refractivity contribution in [1.82, 2.24) is 0 Å². The minimum absolute atomic E-state index is 0.120. The van der Waals surface area contributed by atoms with E-state index >= 15 is 0 Å². The first-order valence-corrected chi connectivity index (χ1v) is 5.42. The van der Waals surface area contributed by atoms with Gasteiger partial charge in [-0.05, 0) is 23.6 Å². The van der Waals surface area contributed by atoms with Crippen molar-refractivity contribution in [2.24, 2.45) is 0 Å². The van der Waals surface area contributed by atoms with Crippen molar-refractivity contribution in [1.29, 1.82) is 0 Å². The van der Waals surface area contributed by atoms with E-state index in [9.17, 15) is 26.3 Å². The topological polar surface area (TPSA) is 9.23 Å². The number of hydrogen-bond acceptors (Lipinski definition) is 1. The summed E-state index contributed by atoms with van der Waals surface area (Å²) in [7, 11) is 0. The molecule has 0 aromatic heterocycles. The lowest BCUT2D eigenvalue weighted by molar-refractivity contribution is -0.299. The van der Waals surface area contributed by atoms with E-state index in [1.807, 2.05) is 13.8 Å². The predicted molar refractivity (Wildman–Crippen MR) is 57.1 cm³/mol. The summed E-state index contributed by atoms with van der Waals surface area (Å²) in [4.78, 5) is 0. The van der Waals surface area contributed by atoms with Crippen LogP contribution in [0, 0.1) is 0 Å². The maximum Gasteiger partial charge on any atom is 0.434 e. The zero-order valence-corrected chi connectivity index (χ0v) is 10.1. The van der Waals surface area contributed by atoms with Crippen LogP contribution in [-0.4, -0.2) is 18.5 Å². The Balaban J connectivity index is 2.92. The molecule has 0 amide bonds. The first kappa shape index (κ1) is 15.7. The molecular formula is C12H12F6O. The Bertz CT molecular complexity index is 390. The van der Waals surface area contributed by atoms with Crippen LogP contribution >= 0.6 is 0 Å². The van der Waals surface area contributed by atoms with Crippen molar-refractivity contribution in [3.8, 4) is 5.75 Å². The van der Waals surface area contributed by atoms with E-state index in [-0.39, 0.29) is 5.92 Å². The normalized spacial score (nSPS) is 13.2. The maximum atomic E-state index is 12.3. The minimum Gasteiger partial charge on any atom is -0.471 e. The predicted octanol–water partition coefficient (Wildman–Crippen LogP) is 4.68. The third-order valence-corrected chi connectivity index (χ3v) is 2.40. The lowest BCUT2D eigenvalue weighted by Gasteiger charge is -2.24. The summed E-state index contributed by atoms with van der Waals surface area (Å²) in [5, 5.41) is 0. The van der Waals surface area contributed by atoms with Crippen molar-refractivity contribution in [3.63, 3.8) is 0 Å². The summed E-state index contributed by atoms with van der Waals surface area (Å²) in [6, 6.07) is 5.06. The van der Waals surface area contributed by atoms with Crippen LogP contribution in [0.25, 0.3) is 0 Å².